The first-order chi connectivity index (χ1) is 13.1. The van der Waals surface area contributed by atoms with E-state index in [2.05, 4.69) is 30.4 Å². The molecule has 0 aliphatic heterocycles. The second kappa shape index (κ2) is 8.54. The molecule has 138 valence electrons. The van der Waals surface area contributed by atoms with E-state index in [1.165, 1.54) is 5.56 Å². The summed E-state index contributed by atoms with van der Waals surface area (Å²) >= 11 is 0. The van der Waals surface area contributed by atoms with Crippen LogP contribution in [0, 0.1) is 13.8 Å². The molecule has 0 bridgehead atoms. The highest BCUT2D eigenvalue weighted by atomic mass is 16.5. The van der Waals surface area contributed by atoms with E-state index in [0.717, 1.165) is 28.0 Å². The van der Waals surface area contributed by atoms with Crippen molar-refractivity contribution in [3.63, 3.8) is 0 Å². The van der Waals surface area contributed by atoms with Gasteiger partial charge in [-0.2, -0.15) is 0 Å². The van der Waals surface area contributed by atoms with E-state index in [-0.39, 0.29) is 11.9 Å². The summed E-state index contributed by atoms with van der Waals surface area (Å²) in [6.07, 6.45) is 0.333. The molecule has 1 N–H and O–H groups in total. The maximum absolute atomic E-state index is 12.8. The molecule has 0 saturated heterocycles. The van der Waals surface area contributed by atoms with Crippen LogP contribution in [-0.2, 0) is 11.2 Å². The van der Waals surface area contributed by atoms with Crippen molar-refractivity contribution < 1.29 is 9.53 Å². The summed E-state index contributed by atoms with van der Waals surface area (Å²) in [6.45, 7) is 4.05. The normalized spacial score (nSPS) is 11.7. The Bertz CT molecular complexity index is 919. The molecule has 0 radical (unpaired) electrons. The number of hydrogen-bond donors (Lipinski definition) is 1. The number of methoxy groups -OCH3 is 1. The molecule has 3 heteroatoms. The van der Waals surface area contributed by atoms with Crippen LogP contribution in [0.5, 0.6) is 5.75 Å². The smallest absolute Gasteiger partial charge is 0.225 e. The van der Waals surface area contributed by atoms with E-state index in [1.54, 1.807) is 7.11 Å². The molecule has 3 rings (SSSR count). The van der Waals surface area contributed by atoms with Gasteiger partial charge in [0.15, 0.2) is 0 Å². The van der Waals surface area contributed by atoms with Crippen molar-refractivity contribution in [2.75, 3.05) is 7.11 Å². The molecule has 0 aromatic heterocycles. The molecule has 3 nitrogen and oxygen atoms in total. The maximum Gasteiger partial charge on any atom is 0.225 e. The lowest BCUT2D eigenvalue weighted by molar-refractivity contribution is -0.120. The quantitative estimate of drug-likeness (QED) is 0.689. The van der Waals surface area contributed by atoms with Gasteiger partial charge >= 0.3 is 0 Å². The van der Waals surface area contributed by atoms with E-state index in [4.69, 9.17) is 4.74 Å². The fourth-order valence-electron chi connectivity index (χ4n) is 3.30. The lowest BCUT2D eigenvalue weighted by Gasteiger charge is -2.20. The van der Waals surface area contributed by atoms with Gasteiger partial charge in [-0.25, -0.2) is 0 Å². The van der Waals surface area contributed by atoms with E-state index in [9.17, 15) is 4.79 Å². The third-order valence-corrected chi connectivity index (χ3v) is 4.64. The lowest BCUT2D eigenvalue weighted by Crippen LogP contribution is -2.30. The molecule has 1 amide bonds. The third-order valence-electron chi connectivity index (χ3n) is 4.64. The Labute approximate surface area is 161 Å². The zero-order chi connectivity index (χ0) is 19.2. The highest BCUT2D eigenvalue weighted by molar-refractivity contribution is 5.79. The highest BCUT2D eigenvalue weighted by Gasteiger charge is 2.17. The van der Waals surface area contributed by atoms with Gasteiger partial charge in [-0.1, -0.05) is 72.3 Å². The molecular formula is C24H25NO2. The molecule has 0 unspecified atom stereocenters. The van der Waals surface area contributed by atoms with E-state index < -0.39 is 0 Å². The zero-order valence-electron chi connectivity index (χ0n) is 16.0. The number of rotatable bonds is 6. The summed E-state index contributed by atoms with van der Waals surface area (Å²) in [6, 6.07) is 24.0. The first-order valence-electron chi connectivity index (χ1n) is 9.11. The number of hydrogen-bond acceptors (Lipinski definition) is 2. The van der Waals surface area contributed by atoms with Crippen molar-refractivity contribution in [2.45, 2.75) is 26.3 Å². The van der Waals surface area contributed by atoms with Gasteiger partial charge in [0, 0.05) is 0 Å². The van der Waals surface area contributed by atoms with Gasteiger partial charge in [0.05, 0.1) is 19.6 Å². The second-order valence-corrected chi connectivity index (χ2v) is 6.81. The molecule has 0 saturated carbocycles. The van der Waals surface area contributed by atoms with Crippen LogP contribution in [0.1, 0.15) is 33.9 Å². The molecule has 1 atom stereocenters. The number of ether oxygens (including phenoxy) is 1. The van der Waals surface area contributed by atoms with Gasteiger partial charge in [-0.05, 0) is 42.2 Å². The number of benzene rings is 3. The van der Waals surface area contributed by atoms with Gasteiger partial charge in [0.25, 0.3) is 0 Å². The predicted octanol–water partition coefficient (Wildman–Crippen LogP) is 4.76. The molecule has 0 aliphatic rings. The summed E-state index contributed by atoms with van der Waals surface area (Å²) in [5.41, 5.74) is 5.33. The van der Waals surface area contributed by atoms with Crippen LogP contribution < -0.4 is 10.1 Å². The van der Waals surface area contributed by atoms with Gasteiger partial charge in [-0.3, -0.25) is 4.79 Å². The number of aryl methyl sites for hydroxylation is 2. The molecule has 0 aliphatic carbocycles. The van der Waals surface area contributed by atoms with Gasteiger partial charge < -0.3 is 10.1 Å². The summed E-state index contributed by atoms with van der Waals surface area (Å²) in [5, 5.41) is 3.20. The summed E-state index contributed by atoms with van der Waals surface area (Å²) in [4.78, 5) is 12.8. The van der Waals surface area contributed by atoms with Crippen LogP contribution in [0.2, 0.25) is 0 Å². The van der Waals surface area contributed by atoms with Crippen LogP contribution in [0.3, 0.4) is 0 Å². The molecule has 3 aromatic rings. The monoisotopic (exact) mass is 359 g/mol. The lowest BCUT2D eigenvalue weighted by atomic mass is 9.97. The molecule has 0 fully saturated rings. The zero-order valence-corrected chi connectivity index (χ0v) is 16.0. The van der Waals surface area contributed by atoms with Crippen molar-refractivity contribution in [2.24, 2.45) is 0 Å². The average molecular weight is 359 g/mol. The second-order valence-electron chi connectivity index (χ2n) is 6.81. The van der Waals surface area contributed by atoms with Crippen molar-refractivity contribution in [1.29, 1.82) is 0 Å². The van der Waals surface area contributed by atoms with Crippen LogP contribution in [0.15, 0.2) is 72.8 Å². The maximum atomic E-state index is 12.8. The minimum atomic E-state index is -0.169. The first kappa shape index (κ1) is 18.7. The van der Waals surface area contributed by atoms with Crippen LogP contribution in [-0.4, -0.2) is 13.0 Å². The van der Waals surface area contributed by atoms with E-state index >= 15 is 0 Å². The van der Waals surface area contributed by atoms with Crippen LogP contribution >= 0.6 is 0 Å². The highest BCUT2D eigenvalue weighted by Crippen LogP contribution is 2.23. The Hall–Kier alpha value is -3.07. The SMILES string of the molecule is COc1ccc(CC(=O)N[C@@H](c2ccccc2)c2cccc(C)c2)cc1C. The number of amides is 1. The Morgan fingerprint density at radius 3 is 2.33 bits per heavy atom. The Kier molecular flexibility index (Phi) is 5.92. The third kappa shape index (κ3) is 4.76. The average Bonchev–Trinajstić information content (AvgIpc) is 2.67. The van der Waals surface area contributed by atoms with Crippen LogP contribution in [0.4, 0.5) is 0 Å². The largest absolute Gasteiger partial charge is 0.496 e. The van der Waals surface area contributed by atoms with Crippen LogP contribution in [0.25, 0.3) is 0 Å². The Morgan fingerprint density at radius 1 is 0.926 bits per heavy atom. The standard InChI is InChI=1S/C24H25NO2/c1-17-8-7-11-21(14-17)24(20-9-5-4-6-10-20)25-23(26)16-19-12-13-22(27-3)18(2)15-19/h4-15,24H,16H2,1-3H3,(H,25,26)/t24-/m0/s1. The first-order valence-corrected chi connectivity index (χ1v) is 9.11. The summed E-state index contributed by atoms with van der Waals surface area (Å²) in [7, 11) is 1.65. The number of carbonyl (C=O) groups excluding carboxylic acids is 1. The molecule has 3 aromatic carbocycles. The fraction of sp³-hybridized carbons (Fsp3) is 0.208. The Morgan fingerprint density at radius 2 is 1.67 bits per heavy atom. The molecule has 27 heavy (non-hydrogen) atoms. The van der Waals surface area contributed by atoms with Crippen molar-refractivity contribution >= 4 is 5.91 Å². The summed E-state index contributed by atoms with van der Waals surface area (Å²) < 4.78 is 5.30. The topological polar surface area (TPSA) is 38.3 Å². The van der Waals surface area contributed by atoms with Crippen molar-refractivity contribution in [3.05, 3.63) is 101 Å². The van der Waals surface area contributed by atoms with Gasteiger partial charge in [0.2, 0.25) is 5.91 Å². The van der Waals surface area contributed by atoms with E-state index in [0.29, 0.717) is 6.42 Å². The van der Waals surface area contributed by atoms with Crippen molar-refractivity contribution in [3.8, 4) is 5.75 Å². The van der Waals surface area contributed by atoms with Gasteiger partial charge in [-0.15, -0.1) is 0 Å². The van der Waals surface area contributed by atoms with E-state index in [1.807, 2.05) is 61.5 Å². The molecule has 0 heterocycles. The van der Waals surface area contributed by atoms with Gasteiger partial charge in [0.1, 0.15) is 5.75 Å². The Balaban J connectivity index is 1.81. The number of nitrogens with one attached hydrogen (secondary N) is 1. The number of carbonyl (C=O) groups is 1. The van der Waals surface area contributed by atoms with Crippen molar-refractivity contribution in [1.82, 2.24) is 5.32 Å². The minimum absolute atomic E-state index is 0.00470. The molecule has 0 spiro atoms. The predicted molar refractivity (Wildman–Crippen MR) is 109 cm³/mol. The molecular weight excluding hydrogens is 334 g/mol. The minimum Gasteiger partial charge on any atom is -0.496 e. The summed E-state index contributed by atoms with van der Waals surface area (Å²) in [5.74, 6) is 0.830. The fourth-order valence-corrected chi connectivity index (χ4v) is 3.30.